The van der Waals surface area contributed by atoms with Gasteiger partial charge in [0.15, 0.2) is 0 Å². The van der Waals surface area contributed by atoms with Crippen molar-refractivity contribution >= 4 is 11.0 Å². The summed E-state index contributed by atoms with van der Waals surface area (Å²) in [5.74, 6) is 0. The number of hydrogen-bond acceptors (Lipinski definition) is 2. The highest BCUT2D eigenvalue weighted by molar-refractivity contribution is 5.49. The van der Waals surface area contributed by atoms with Crippen LogP contribution >= 0.6 is 0 Å². The number of pyridine rings is 2. The Morgan fingerprint density at radius 1 is 0.826 bits per heavy atom. The average Bonchev–Trinajstić information content (AvgIpc) is 3.07. The molecule has 4 aromatic heterocycles. The minimum absolute atomic E-state index is 1.06. The molecule has 4 aromatic rings. The van der Waals surface area contributed by atoms with Crippen molar-refractivity contribution in [1.82, 2.24) is 19.2 Å². The largest absolute Gasteiger partial charge is 0.241 e. The Balaban J connectivity index is 0.000000136. The van der Waals surface area contributed by atoms with Gasteiger partial charge in [0.25, 0.3) is 0 Å². The SMILES string of the molecule is CCc1ccc2cc(C)nn2c1.Cc1ccn2nc(C)cc2c1. The molecule has 0 atom stereocenters. The van der Waals surface area contributed by atoms with Gasteiger partial charge >= 0.3 is 0 Å². The monoisotopic (exact) mass is 306 g/mol. The first kappa shape index (κ1) is 15.3. The fourth-order valence-electron chi connectivity index (χ4n) is 2.60. The zero-order valence-corrected chi connectivity index (χ0v) is 14.1. The van der Waals surface area contributed by atoms with E-state index in [9.17, 15) is 0 Å². The lowest BCUT2D eigenvalue weighted by Crippen LogP contribution is -1.89. The van der Waals surface area contributed by atoms with Crippen molar-refractivity contribution in [3.05, 3.63) is 71.3 Å². The summed E-state index contributed by atoms with van der Waals surface area (Å²) in [5.41, 5.74) is 7.08. The van der Waals surface area contributed by atoms with Gasteiger partial charge in [-0.15, -0.1) is 0 Å². The summed E-state index contributed by atoms with van der Waals surface area (Å²) >= 11 is 0. The van der Waals surface area contributed by atoms with Crippen LogP contribution in [-0.4, -0.2) is 19.2 Å². The van der Waals surface area contributed by atoms with Crippen LogP contribution < -0.4 is 0 Å². The van der Waals surface area contributed by atoms with Gasteiger partial charge in [-0.05, 0) is 68.7 Å². The second-order valence-electron chi connectivity index (χ2n) is 5.91. The second-order valence-corrected chi connectivity index (χ2v) is 5.91. The van der Waals surface area contributed by atoms with Gasteiger partial charge in [0.05, 0.1) is 22.4 Å². The van der Waals surface area contributed by atoms with Crippen molar-refractivity contribution < 1.29 is 0 Å². The molecule has 0 bridgehead atoms. The topological polar surface area (TPSA) is 34.6 Å². The number of aromatic nitrogens is 4. The summed E-state index contributed by atoms with van der Waals surface area (Å²) in [7, 11) is 0. The number of fused-ring (bicyclic) bond motifs is 2. The standard InChI is InChI=1S/C10H12N2.C9H10N2/c1-3-9-4-5-10-6-8(2)11-12(10)7-9;1-7-3-4-11-9(5-7)6-8(2)10-11/h4-7H,3H2,1-2H3;3-6H,1-2H3. The van der Waals surface area contributed by atoms with Gasteiger partial charge in [0.1, 0.15) is 0 Å². The van der Waals surface area contributed by atoms with Gasteiger partial charge in [0, 0.05) is 12.4 Å². The predicted molar refractivity (Wildman–Crippen MR) is 94.0 cm³/mol. The Labute approximate surface area is 136 Å². The second kappa shape index (κ2) is 6.24. The number of rotatable bonds is 1. The van der Waals surface area contributed by atoms with E-state index in [1.807, 2.05) is 29.1 Å². The maximum atomic E-state index is 4.34. The molecule has 0 saturated carbocycles. The van der Waals surface area contributed by atoms with Gasteiger partial charge in [-0.3, -0.25) is 0 Å². The van der Waals surface area contributed by atoms with Crippen LogP contribution in [-0.2, 0) is 6.42 Å². The van der Waals surface area contributed by atoms with Gasteiger partial charge in [-0.2, -0.15) is 10.2 Å². The molecule has 118 valence electrons. The molecule has 4 heteroatoms. The van der Waals surface area contributed by atoms with Crippen LogP contribution in [0.4, 0.5) is 0 Å². The van der Waals surface area contributed by atoms with E-state index in [4.69, 9.17) is 0 Å². The van der Waals surface area contributed by atoms with E-state index < -0.39 is 0 Å². The number of aryl methyl sites for hydroxylation is 4. The molecule has 4 nitrogen and oxygen atoms in total. The van der Waals surface area contributed by atoms with E-state index in [-0.39, 0.29) is 0 Å². The molecule has 0 N–H and O–H groups in total. The summed E-state index contributed by atoms with van der Waals surface area (Å²) < 4.78 is 3.83. The highest BCUT2D eigenvalue weighted by atomic mass is 15.2. The molecule has 0 amide bonds. The Morgan fingerprint density at radius 2 is 1.52 bits per heavy atom. The summed E-state index contributed by atoms with van der Waals surface area (Å²) in [6, 6.07) is 12.6. The van der Waals surface area contributed by atoms with Crippen molar-refractivity contribution in [3.8, 4) is 0 Å². The third kappa shape index (κ3) is 3.42. The lowest BCUT2D eigenvalue weighted by molar-refractivity contribution is 0.914. The van der Waals surface area contributed by atoms with Gasteiger partial charge < -0.3 is 0 Å². The Morgan fingerprint density at radius 3 is 2.26 bits per heavy atom. The maximum absolute atomic E-state index is 4.34. The molecule has 0 unspecified atom stereocenters. The molecule has 23 heavy (non-hydrogen) atoms. The number of hydrogen-bond donors (Lipinski definition) is 0. The number of nitrogens with zero attached hydrogens (tertiary/aromatic N) is 4. The van der Waals surface area contributed by atoms with Crippen LogP contribution in [0.2, 0.25) is 0 Å². The molecule has 4 rings (SSSR count). The highest BCUT2D eigenvalue weighted by Crippen LogP contribution is 2.08. The minimum Gasteiger partial charge on any atom is -0.241 e. The summed E-state index contributed by atoms with van der Waals surface area (Å²) in [6.45, 7) is 8.25. The van der Waals surface area contributed by atoms with Crippen LogP contribution in [0.3, 0.4) is 0 Å². The maximum Gasteiger partial charge on any atom is 0.0666 e. The van der Waals surface area contributed by atoms with Crippen LogP contribution in [0.1, 0.15) is 29.4 Å². The fourth-order valence-corrected chi connectivity index (χ4v) is 2.60. The molecule has 0 aliphatic carbocycles. The van der Waals surface area contributed by atoms with E-state index >= 15 is 0 Å². The van der Waals surface area contributed by atoms with E-state index in [0.717, 1.165) is 17.8 Å². The minimum atomic E-state index is 1.06. The van der Waals surface area contributed by atoms with Crippen LogP contribution in [0.25, 0.3) is 11.0 Å². The summed E-state index contributed by atoms with van der Waals surface area (Å²) in [4.78, 5) is 0. The van der Waals surface area contributed by atoms with Crippen LogP contribution in [0.5, 0.6) is 0 Å². The Hall–Kier alpha value is -2.62. The molecular formula is C19H22N4. The van der Waals surface area contributed by atoms with Crippen molar-refractivity contribution in [1.29, 1.82) is 0 Å². The first-order valence-electron chi connectivity index (χ1n) is 7.92. The highest BCUT2D eigenvalue weighted by Gasteiger charge is 1.97. The first-order valence-corrected chi connectivity index (χ1v) is 7.92. The van der Waals surface area contributed by atoms with Crippen LogP contribution in [0.15, 0.2) is 48.8 Å². The van der Waals surface area contributed by atoms with E-state index in [0.29, 0.717) is 0 Å². The molecule has 4 heterocycles. The average molecular weight is 306 g/mol. The third-order valence-electron chi connectivity index (χ3n) is 3.79. The van der Waals surface area contributed by atoms with Gasteiger partial charge in [-0.1, -0.05) is 13.0 Å². The molecule has 0 aliphatic rings. The Kier molecular flexibility index (Phi) is 4.15. The quantitative estimate of drug-likeness (QED) is 0.529. The Bertz CT molecular complexity index is 946. The molecule has 0 saturated heterocycles. The lowest BCUT2D eigenvalue weighted by Gasteiger charge is -1.96. The summed E-state index contributed by atoms with van der Waals surface area (Å²) in [5, 5.41) is 8.61. The molecule has 0 spiro atoms. The normalized spacial score (nSPS) is 10.8. The smallest absolute Gasteiger partial charge is 0.0666 e. The molecule has 0 aromatic carbocycles. The van der Waals surface area contributed by atoms with Crippen molar-refractivity contribution in [2.45, 2.75) is 34.1 Å². The lowest BCUT2D eigenvalue weighted by atomic mass is 10.2. The zero-order valence-electron chi connectivity index (χ0n) is 14.1. The van der Waals surface area contributed by atoms with E-state index in [1.54, 1.807) is 0 Å². The van der Waals surface area contributed by atoms with Crippen molar-refractivity contribution in [2.75, 3.05) is 0 Å². The molecule has 0 fully saturated rings. The van der Waals surface area contributed by atoms with Gasteiger partial charge in [0.2, 0.25) is 0 Å². The molecule has 0 radical (unpaired) electrons. The van der Waals surface area contributed by atoms with Crippen molar-refractivity contribution in [3.63, 3.8) is 0 Å². The molecular weight excluding hydrogens is 284 g/mol. The van der Waals surface area contributed by atoms with E-state index in [1.165, 1.54) is 22.2 Å². The first-order chi connectivity index (χ1) is 11.0. The molecule has 0 aliphatic heterocycles. The fraction of sp³-hybridized carbons (Fsp3) is 0.263. The van der Waals surface area contributed by atoms with Crippen LogP contribution in [0, 0.1) is 20.8 Å². The predicted octanol–water partition coefficient (Wildman–Crippen LogP) is 4.16. The third-order valence-corrected chi connectivity index (χ3v) is 3.79. The summed E-state index contributed by atoms with van der Waals surface area (Å²) in [6.07, 6.45) is 5.13. The van der Waals surface area contributed by atoms with Crippen molar-refractivity contribution in [2.24, 2.45) is 0 Å². The van der Waals surface area contributed by atoms with E-state index in [2.05, 4.69) is 66.6 Å². The van der Waals surface area contributed by atoms with Gasteiger partial charge in [-0.25, -0.2) is 9.03 Å². The zero-order chi connectivity index (χ0) is 16.4.